The fraction of sp³-hybridized carbons (Fsp3) is 0.714. The Morgan fingerprint density at radius 1 is 0.182 bits per heavy atom. The summed E-state index contributed by atoms with van der Waals surface area (Å²) in [6.07, 6.45) is -62.0. The molecule has 8 nitrogen and oxygen atoms in total. The van der Waals surface area contributed by atoms with Gasteiger partial charge < -0.3 is 0 Å². The molecule has 0 aliphatic carbocycles. The molecule has 0 aromatic carbocycles. The minimum Gasteiger partial charge on any atom is -0.292 e. The second kappa shape index (κ2) is 25.3. The summed E-state index contributed by atoms with van der Waals surface area (Å²) in [5.74, 6) is -80.0. The molecular weight excluding hydrogens is 1400 g/mol. The first-order valence-corrected chi connectivity index (χ1v) is 16.0. The van der Waals surface area contributed by atoms with Crippen molar-refractivity contribution in [1.29, 1.82) is 0 Å². The maximum Gasteiger partial charge on any atom is 0.460 e. The average Bonchev–Trinajstić information content (AvgIpc) is 3.14. The number of rotatable bonds is 16. The molecule has 0 aliphatic heterocycles. The Kier molecular flexibility index (Phi) is 26.9. The third-order valence-corrected chi connectivity index (χ3v) is 6.95. The van der Waals surface area contributed by atoms with Crippen molar-refractivity contribution in [3.05, 3.63) is 0 Å². The Labute approximate surface area is 428 Å². The minimum atomic E-state index is -6.89. The predicted molar refractivity (Wildman–Crippen MR) is 147 cm³/mol. The number of carbonyl (C=O) groups excluding carboxylic acids is 8. The van der Waals surface area contributed by atoms with E-state index in [1.165, 1.54) is 0 Å². The molecule has 0 radical (unpaired) electrons. The van der Waals surface area contributed by atoms with Crippen molar-refractivity contribution in [2.45, 2.75) is 122 Å². The Balaban J connectivity index is -0.000000298. The van der Waals surface area contributed by atoms with E-state index in [1.54, 1.807) is 0 Å². The van der Waals surface area contributed by atoms with Crippen molar-refractivity contribution < 1.29 is 261 Å². The van der Waals surface area contributed by atoms with Crippen molar-refractivity contribution in [2.24, 2.45) is 0 Å². The van der Waals surface area contributed by atoms with Gasteiger partial charge in [-0.1, -0.05) is 0 Å². The average molecular weight is 1410 g/mol. The van der Waals surface area contributed by atoms with E-state index in [4.69, 9.17) is 0 Å². The molecule has 0 saturated heterocycles. The topological polar surface area (TPSA) is 137 Å². The first-order valence-electron chi connectivity index (χ1n) is 16.0. The quantitative estimate of drug-likeness (QED) is 0.110. The molecule has 0 N–H and O–H groups in total. The summed E-state index contributed by atoms with van der Waals surface area (Å²) in [5, 5.41) is 0. The van der Waals surface area contributed by atoms with Crippen LogP contribution in [0.2, 0.25) is 0 Å². The van der Waals surface area contributed by atoms with Crippen LogP contribution in [0.3, 0.4) is 0 Å². The number of hydrogen-bond acceptors (Lipinski definition) is 8. The van der Waals surface area contributed by atoms with Crippen LogP contribution in [0, 0.1) is 46.9 Å². The minimum absolute atomic E-state index is 0. The number of carbonyl (C=O) groups is 8. The number of halogens is 40. The molecule has 462 valence electrons. The summed E-state index contributed by atoms with van der Waals surface area (Å²) < 4.78 is 475. The third-order valence-electron chi connectivity index (χ3n) is 6.95. The Morgan fingerprint density at radius 3 is 0.338 bits per heavy atom. The molecule has 0 saturated carbocycles. The van der Waals surface area contributed by atoms with E-state index in [9.17, 15) is 214 Å². The molecule has 0 fully saturated rings. The molecule has 0 amide bonds. The van der Waals surface area contributed by atoms with Crippen molar-refractivity contribution in [3.8, 4) is 0 Å². The Morgan fingerprint density at radius 2 is 0.273 bits per heavy atom. The number of hydrogen-bond donors (Lipinski definition) is 0. The number of ketones is 8. The zero-order valence-electron chi connectivity index (χ0n) is 33.5. The van der Waals surface area contributed by atoms with Gasteiger partial charge in [0.2, 0.25) is 46.3 Å². The summed E-state index contributed by atoms with van der Waals surface area (Å²) in [6.45, 7) is 0. The fourth-order valence-corrected chi connectivity index (χ4v) is 2.84. The second-order valence-electron chi connectivity index (χ2n) is 12.7. The Bertz CT molecular complexity index is 1810. The van der Waals surface area contributed by atoms with E-state index in [-0.39, 0.29) is 46.9 Å². The van der Waals surface area contributed by atoms with Gasteiger partial charge >= 0.3 is 96.8 Å². The van der Waals surface area contributed by atoms with Crippen LogP contribution in [0.1, 0.15) is 25.7 Å². The van der Waals surface area contributed by atoms with Gasteiger partial charge in [-0.3, -0.25) is 38.4 Å². The second-order valence-corrected chi connectivity index (χ2v) is 12.7. The van der Waals surface area contributed by atoms with Gasteiger partial charge in [-0.05, 0) is 0 Å². The fourth-order valence-electron chi connectivity index (χ4n) is 2.84. The van der Waals surface area contributed by atoms with Gasteiger partial charge in [0.05, 0.1) is 25.7 Å². The molecule has 0 rings (SSSR count). The summed E-state index contributed by atoms with van der Waals surface area (Å²) in [6, 6.07) is 0. The van der Waals surface area contributed by atoms with Gasteiger partial charge in [-0.25, -0.2) is 0 Å². The van der Waals surface area contributed by atoms with Crippen LogP contribution in [0.4, 0.5) is 176 Å². The first kappa shape index (κ1) is 81.9. The van der Waals surface area contributed by atoms with Crippen LogP contribution in [-0.2, 0) is 38.4 Å². The SMILES string of the molecule is O=C(CC(=O)C(F)(F)C(F)(F)C(F)(F)F)C(F)(F)F.O=C(CC(=O)C(F)(F)C(F)(F)C(F)(F)F)C(F)(F)F.O=C(CC(=O)C(F)(F)C(F)(F)C(F)(F)F)C(F)(F)F.O=C(CC(=O)C(F)(F)C(F)(F)C(F)(F)F)C(F)(F)F.[Yb]. The van der Waals surface area contributed by atoms with Crippen molar-refractivity contribution >= 4 is 46.3 Å². The maximum absolute atomic E-state index is 12.5. The summed E-state index contributed by atoms with van der Waals surface area (Å²) in [5.41, 5.74) is 0. The number of alkyl halides is 40. The monoisotopic (exact) mass is 1410 g/mol. The van der Waals surface area contributed by atoms with Gasteiger partial charge in [-0.15, -0.1) is 0 Å². The van der Waals surface area contributed by atoms with Crippen LogP contribution in [0.5, 0.6) is 0 Å². The van der Waals surface area contributed by atoms with E-state index in [0.717, 1.165) is 0 Å². The smallest absolute Gasteiger partial charge is 0.292 e. The van der Waals surface area contributed by atoms with Crippen LogP contribution in [0.25, 0.3) is 0 Å². The van der Waals surface area contributed by atoms with E-state index in [2.05, 4.69) is 0 Å². The molecule has 0 bridgehead atoms. The third kappa shape index (κ3) is 20.3. The zero-order valence-corrected chi connectivity index (χ0v) is 35.2. The van der Waals surface area contributed by atoms with Gasteiger partial charge in [0, 0.05) is 46.9 Å². The molecule has 0 aliphatic rings. The van der Waals surface area contributed by atoms with Crippen LogP contribution in [-0.4, -0.2) is 143 Å². The van der Waals surface area contributed by atoms with Crippen LogP contribution >= 0.6 is 0 Å². The standard InChI is InChI=1S/4C7H2F10O2.Yb/c4*8-4(9,6(13,14)7(15,16)17)2(18)1-3(19)5(10,11)12;/h4*1H2;. The Hall–Kier alpha value is -3.92. The largest absolute Gasteiger partial charge is 0.460 e. The zero-order chi connectivity index (χ0) is 63.4. The molecule has 0 spiro atoms. The maximum atomic E-state index is 12.5. The van der Waals surface area contributed by atoms with E-state index >= 15 is 0 Å². The molecule has 0 unspecified atom stereocenters. The van der Waals surface area contributed by atoms with E-state index in [0.29, 0.717) is 0 Å². The summed E-state index contributed by atoms with van der Waals surface area (Å²) in [4.78, 5) is 81.8. The molecule has 0 aromatic rings. The van der Waals surface area contributed by atoms with Gasteiger partial charge in [0.1, 0.15) is 0 Å². The first-order chi connectivity index (χ1) is 32.2. The van der Waals surface area contributed by atoms with Crippen LogP contribution < -0.4 is 0 Å². The van der Waals surface area contributed by atoms with Gasteiger partial charge in [-0.2, -0.15) is 176 Å². The predicted octanol–water partition coefficient (Wildman–Crippen LogP) is 11.6. The number of Topliss-reactive ketones (excluding diaryl/α,β-unsaturated/α-hetero) is 8. The van der Waals surface area contributed by atoms with Crippen molar-refractivity contribution in [1.82, 2.24) is 0 Å². The van der Waals surface area contributed by atoms with E-state index in [1.807, 2.05) is 0 Å². The molecule has 0 heterocycles. The van der Waals surface area contributed by atoms with Gasteiger partial charge in [0.25, 0.3) is 0 Å². The molecular formula is C28H8F40O8Yb. The van der Waals surface area contributed by atoms with E-state index < -0.39 is 169 Å². The summed E-state index contributed by atoms with van der Waals surface area (Å²) >= 11 is 0. The molecule has 0 aromatic heterocycles. The van der Waals surface area contributed by atoms with Crippen molar-refractivity contribution in [2.75, 3.05) is 0 Å². The molecule has 0 atom stereocenters. The van der Waals surface area contributed by atoms with Gasteiger partial charge in [0.15, 0.2) is 0 Å². The normalized spacial score (nSPS) is 14.2. The van der Waals surface area contributed by atoms with Crippen molar-refractivity contribution in [3.63, 3.8) is 0 Å². The summed E-state index contributed by atoms with van der Waals surface area (Å²) in [7, 11) is 0. The molecule has 77 heavy (non-hydrogen) atoms. The van der Waals surface area contributed by atoms with Crippen LogP contribution in [0.15, 0.2) is 0 Å². The molecule has 49 heteroatoms.